The first kappa shape index (κ1) is 84.1. The van der Waals surface area contributed by atoms with Crippen molar-refractivity contribution in [1.29, 1.82) is 0 Å². The lowest BCUT2D eigenvalue weighted by Crippen LogP contribution is -2.62. The number of nitrogens with one attached hydrogen (secondary N) is 14. The van der Waals surface area contributed by atoms with E-state index < -0.39 is 169 Å². The van der Waals surface area contributed by atoms with E-state index in [0.29, 0.717) is 22.4 Å². The number of rotatable bonds is 44. The molecule has 0 saturated carbocycles. The van der Waals surface area contributed by atoms with Crippen molar-refractivity contribution in [3.63, 3.8) is 0 Å². The molecule has 3 aromatic carbocycles. The van der Waals surface area contributed by atoms with Crippen LogP contribution in [0, 0.1) is 5.92 Å². The number of nitrogens with two attached hydrogens (primary N) is 1. The highest BCUT2D eigenvalue weighted by molar-refractivity contribution is 7.98. The standard InChI is InChI=1S/C71H91N19O18S/c1-37(2)21-58(71(107)108)90-69(105)57(28-45-32-76-36-80-45)89-67(103)54(25-42-29-73-33-77-42)86-61(97)49(17-18-59(95)96)81-63(99)51(22-39-5-11-46(92)12-6-39)85-66(102)55(26-43-30-74-34-78-43)88-68(104)56(27-44-31-75-35-79-44)87-65(101)53(24-41-9-15-48(94)16-10-41)84-64(100)52(23-40-7-13-47(93)14-8-40)83-62(98)50(19-20-109-4)82-70(106)60(72)38(3)91/h5-16,29-38,49-58,60,91-94H,17-28,72H2,1-4H3,(H,73,77)(H,74,78)(H,75,79)(H,76,80)(H,81,99)(H,82,106)(H,83,98)(H,84,100)(H,85,102)(H,86,97)(H,87,101)(H,88,104)(H,89,103)(H,90,105)(H,95,96)(H,107,108)/t38-,49+,50+,51+,52+,53+,54+,55+,56+,57+,58+,60+/m1/s1. The number of aromatic nitrogens is 8. The molecule has 0 aliphatic carbocycles. The minimum Gasteiger partial charge on any atom is -0.508 e. The highest BCUT2D eigenvalue weighted by Crippen LogP contribution is 2.18. The van der Waals surface area contributed by atoms with Crippen molar-refractivity contribution in [2.75, 3.05) is 12.0 Å². The number of carbonyl (C=O) groups is 12. The number of aliphatic hydroxyl groups is 1. The topological polar surface area (TPSA) is 587 Å². The molecule has 584 valence electrons. The molecule has 37 nitrogen and oxygen atoms in total. The van der Waals surface area contributed by atoms with Gasteiger partial charge >= 0.3 is 11.9 Å². The van der Waals surface area contributed by atoms with Crippen LogP contribution in [-0.4, -0.2) is 226 Å². The van der Waals surface area contributed by atoms with Crippen LogP contribution < -0.4 is 58.9 Å². The second kappa shape index (κ2) is 41.6. The van der Waals surface area contributed by atoms with Crippen molar-refractivity contribution >= 4 is 82.8 Å². The summed E-state index contributed by atoms with van der Waals surface area (Å²) in [4.78, 5) is 198. The van der Waals surface area contributed by atoms with Crippen molar-refractivity contribution < 1.29 is 88.2 Å². The van der Waals surface area contributed by atoms with Gasteiger partial charge in [0.2, 0.25) is 59.1 Å². The number of hydrogen-bond donors (Lipinski definition) is 21. The molecule has 22 N–H and O–H groups in total. The number of imidazole rings is 4. The molecule has 0 aliphatic heterocycles. The molecule has 38 heteroatoms. The zero-order valence-corrected chi connectivity index (χ0v) is 60.7. The number of phenols is 3. The molecule has 0 spiro atoms. The summed E-state index contributed by atoms with van der Waals surface area (Å²) in [6.45, 7) is 4.79. The number of benzene rings is 3. The number of nitrogens with zero attached hydrogens (tertiary/aromatic N) is 4. The fraction of sp³-hybridized carbons (Fsp3) is 0.408. The van der Waals surface area contributed by atoms with Gasteiger partial charge in [0.1, 0.15) is 83.7 Å². The van der Waals surface area contributed by atoms with Gasteiger partial charge in [0.15, 0.2) is 0 Å². The number of carboxylic acids is 2. The number of amides is 10. The Kier molecular flexibility index (Phi) is 32.1. The Morgan fingerprint density at radius 2 is 0.642 bits per heavy atom. The van der Waals surface area contributed by atoms with Crippen molar-refractivity contribution in [3.8, 4) is 17.2 Å². The van der Waals surface area contributed by atoms with Gasteiger partial charge in [-0.25, -0.2) is 24.7 Å². The molecule has 12 atom stereocenters. The number of aliphatic hydroxyl groups excluding tert-OH is 1. The number of thioether (sulfide) groups is 1. The van der Waals surface area contributed by atoms with Crippen LogP contribution >= 0.6 is 11.8 Å². The fourth-order valence-corrected chi connectivity index (χ4v) is 11.7. The van der Waals surface area contributed by atoms with Crippen LogP contribution in [0.3, 0.4) is 0 Å². The van der Waals surface area contributed by atoms with Gasteiger partial charge in [0, 0.05) is 76.2 Å². The zero-order chi connectivity index (χ0) is 79.3. The highest BCUT2D eigenvalue weighted by Gasteiger charge is 2.38. The van der Waals surface area contributed by atoms with E-state index in [-0.39, 0.29) is 90.9 Å². The molecule has 0 fully saturated rings. The largest absolute Gasteiger partial charge is 0.508 e. The quantitative estimate of drug-likeness (QED) is 0.0196. The zero-order valence-electron chi connectivity index (χ0n) is 59.9. The number of carboxylic acid groups (broad SMARTS) is 2. The molecule has 0 radical (unpaired) electrons. The van der Waals surface area contributed by atoms with Crippen LogP contribution in [0.1, 0.15) is 85.9 Å². The maximum atomic E-state index is 15.2. The van der Waals surface area contributed by atoms with E-state index in [9.17, 15) is 69.0 Å². The summed E-state index contributed by atoms with van der Waals surface area (Å²) < 4.78 is 0. The van der Waals surface area contributed by atoms with Gasteiger partial charge < -0.3 is 109 Å². The molecule has 0 saturated heterocycles. The summed E-state index contributed by atoms with van der Waals surface area (Å²) in [5.41, 5.74) is 7.89. The Bertz CT molecular complexity index is 4130. The third-order valence-electron chi connectivity index (χ3n) is 17.1. The molecule has 4 heterocycles. The summed E-state index contributed by atoms with van der Waals surface area (Å²) in [6.07, 6.45) is 7.56. The average molecular weight is 1530 g/mol. The van der Waals surface area contributed by atoms with Crippen LogP contribution in [0.15, 0.2) is 123 Å². The van der Waals surface area contributed by atoms with E-state index in [1.807, 2.05) is 0 Å². The van der Waals surface area contributed by atoms with Crippen LogP contribution in [0.4, 0.5) is 0 Å². The van der Waals surface area contributed by atoms with Crippen molar-refractivity contribution in [1.82, 2.24) is 93.0 Å². The molecule has 0 aliphatic rings. The lowest BCUT2D eigenvalue weighted by molar-refractivity contribution is -0.143. The first-order valence-electron chi connectivity index (χ1n) is 34.7. The fourth-order valence-electron chi connectivity index (χ4n) is 11.2. The molecule has 0 unspecified atom stereocenters. The van der Waals surface area contributed by atoms with E-state index in [0.717, 1.165) is 0 Å². The molecule has 10 amide bonds. The number of carbonyl (C=O) groups excluding carboxylic acids is 10. The van der Waals surface area contributed by atoms with Crippen molar-refractivity contribution in [2.45, 2.75) is 164 Å². The first-order valence-corrected chi connectivity index (χ1v) is 36.1. The Morgan fingerprint density at radius 3 is 0.890 bits per heavy atom. The molecular weight excluding hydrogens is 1440 g/mol. The monoisotopic (exact) mass is 1530 g/mol. The van der Waals surface area contributed by atoms with Gasteiger partial charge in [-0.1, -0.05) is 50.2 Å². The maximum Gasteiger partial charge on any atom is 0.326 e. The molecular formula is C71H91N19O18S. The van der Waals surface area contributed by atoms with Gasteiger partial charge in [0.05, 0.1) is 54.2 Å². The van der Waals surface area contributed by atoms with Gasteiger partial charge in [-0.2, -0.15) is 11.8 Å². The number of aromatic hydroxyl groups is 3. The Hall–Kier alpha value is -12.2. The normalized spacial score (nSPS) is 14.5. The van der Waals surface area contributed by atoms with E-state index in [2.05, 4.69) is 93.0 Å². The first-order chi connectivity index (χ1) is 52.0. The predicted molar refractivity (Wildman–Crippen MR) is 391 cm³/mol. The van der Waals surface area contributed by atoms with Gasteiger partial charge in [0.25, 0.3) is 0 Å². The lowest BCUT2D eigenvalue weighted by Gasteiger charge is -2.28. The SMILES string of the molecule is CSCC[C@H](NC(=O)[C@@H](N)[C@@H](C)O)C(=O)N[C@@H](Cc1ccc(O)cc1)C(=O)N[C@@H](Cc1ccc(O)cc1)C(=O)N[C@@H](Cc1c[nH]cn1)C(=O)N[C@@H](Cc1c[nH]cn1)C(=O)N[C@@H](Cc1ccc(O)cc1)C(=O)N[C@@H](CCC(=O)O)C(=O)N[C@@H](Cc1c[nH]cn1)C(=O)N[C@@H](Cc1c[nH]cn1)C(=O)N[C@@H](CC(C)C)C(=O)O. The van der Waals surface area contributed by atoms with E-state index in [1.54, 1.807) is 20.1 Å². The minimum atomic E-state index is -1.81. The van der Waals surface area contributed by atoms with E-state index in [4.69, 9.17) is 5.73 Å². The van der Waals surface area contributed by atoms with Crippen LogP contribution in [-0.2, 0) is 102 Å². The number of hydrogen-bond acceptors (Lipinski definition) is 22. The van der Waals surface area contributed by atoms with E-state index in [1.165, 1.54) is 142 Å². The predicted octanol–water partition coefficient (Wildman–Crippen LogP) is -2.00. The molecule has 7 rings (SSSR count). The number of aromatic amines is 4. The van der Waals surface area contributed by atoms with Gasteiger partial charge in [-0.05, 0) is 97.2 Å². The third-order valence-corrected chi connectivity index (χ3v) is 17.7. The second-order valence-corrected chi connectivity index (χ2v) is 27.2. The summed E-state index contributed by atoms with van der Waals surface area (Å²) in [7, 11) is 0. The Balaban J connectivity index is 1.18. The summed E-state index contributed by atoms with van der Waals surface area (Å²) >= 11 is 1.35. The molecule has 0 bridgehead atoms. The molecule has 4 aromatic heterocycles. The third kappa shape index (κ3) is 27.6. The Labute approximate surface area is 628 Å². The summed E-state index contributed by atoms with van der Waals surface area (Å²) in [5, 5.41) is 86.6. The number of H-pyrrole nitrogens is 4. The van der Waals surface area contributed by atoms with Gasteiger partial charge in [-0.15, -0.1) is 0 Å². The van der Waals surface area contributed by atoms with Crippen LogP contribution in [0.2, 0.25) is 0 Å². The lowest BCUT2D eigenvalue weighted by atomic mass is 10.0. The van der Waals surface area contributed by atoms with Crippen LogP contribution in [0.5, 0.6) is 17.2 Å². The highest BCUT2D eigenvalue weighted by atomic mass is 32.2. The Morgan fingerprint density at radius 1 is 0.385 bits per heavy atom. The molecule has 7 aromatic rings. The van der Waals surface area contributed by atoms with Crippen molar-refractivity contribution in [3.05, 3.63) is 162 Å². The maximum absolute atomic E-state index is 15.2. The minimum absolute atomic E-state index is 0.0241. The average Bonchev–Trinajstić information content (AvgIpc) is 1.85. The van der Waals surface area contributed by atoms with Crippen molar-refractivity contribution in [2.24, 2.45) is 11.7 Å². The van der Waals surface area contributed by atoms with Gasteiger partial charge in [-0.3, -0.25) is 52.7 Å². The summed E-state index contributed by atoms with van der Waals surface area (Å²) in [5.74, 6) is -13.0. The smallest absolute Gasteiger partial charge is 0.326 e. The van der Waals surface area contributed by atoms with E-state index >= 15 is 19.2 Å². The molecule has 109 heavy (non-hydrogen) atoms. The number of phenolic OH excluding ortho intramolecular Hbond substituents is 3. The summed E-state index contributed by atoms with van der Waals surface area (Å²) in [6, 6.07) is -0.655. The van der Waals surface area contributed by atoms with Crippen LogP contribution in [0.25, 0.3) is 0 Å². The number of aliphatic carboxylic acids is 2. The second-order valence-electron chi connectivity index (χ2n) is 26.2.